The van der Waals surface area contributed by atoms with Gasteiger partial charge in [-0.2, -0.15) is 0 Å². The number of amides is 2. The minimum Gasteiger partial charge on any atom is -0.462 e. The summed E-state index contributed by atoms with van der Waals surface area (Å²) in [6, 6.07) is 12.4. The van der Waals surface area contributed by atoms with E-state index in [0.717, 1.165) is 34.6 Å². The Kier molecular flexibility index (Phi) is 8.80. The second-order valence-electron chi connectivity index (χ2n) is 8.90. The fraction of sp³-hybridized carbons (Fsp3) is 0.296. The van der Waals surface area contributed by atoms with Crippen molar-refractivity contribution in [1.29, 1.82) is 0 Å². The van der Waals surface area contributed by atoms with Gasteiger partial charge in [0.25, 0.3) is 11.6 Å². The summed E-state index contributed by atoms with van der Waals surface area (Å²) in [4.78, 5) is 50.2. The van der Waals surface area contributed by atoms with E-state index in [2.05, 4.69) is 17.6 Å². The summed E-state index contributed by atoms with van der Waals surface area (Å²) in [6.07, 6.45) is 2.68. The number of ether oxygens (including phenoxy) is 1. The summed E-state index contributed by atoms with van der Waals surface area (Å²) >= 11 is 2.75. The number of anilines is 2. The first-order chi connectivity index (χ1) is 18.2. The molecule has 1 aromatic heterocycles. The van der Waals surface area contributed by atoms with E-state index in [0.29, 0.717) is 27.7 Å². The monoisotopic (exact) mass is 553 g/mol. The molecule has 0 radical (unpaired) electrons. The van der Waals surface area contributed by atoms with Crippen molar-refractivity contribution in [3.63, 3.8) is 0 Å². The molecule has 2 amide bonds. The highest BCUT2D eigenvalue weighted by atomic mass is 32.2. The van der Waals surface area contributed by atoms with E-state index >= 15 is 0 Å². The maximum absolute atomic E-state index is 12.8. The zero-order valence-corrected chi connectivity index (χ0v) is 22.6. The molecule has 1 unspecified atom stereocenters. The number of carbonyl (C=O) groups excluding carboxylic acids is 3. The summed E-state index contributed by atoms with van der Waals surface area (Å²) in [5.41, 5.74) is 2.20. The predicted octanol–water partition coefficient (Wildman–Crippen LogP) is 5.94. The smallest absolute Gasteiger partial charge is 0.341 e. The molecule has 3 aromatic rings. The molecule has 0 saturated heterocycles. The van der Waals surface area contributed by atoms with Gasteiger partial charge in [0.1, 0.15) is 5.00 Å². The number of carbonyl (C=O) groups is 3. The molecule has 1 heterocycles. The standard InChI is InChI=1S/C27H27N3O6S2/c1-3-36-27(33)24-21-12-7-16(2)13-22(21)38-26(24)29-23(31)15-37-20-6-4-5-18(14-20)28-25(32)17-8-10-19(11-9-17)30(34)35/h4-6,8-11,14,16H,3,7,12-13,15H2,1-2H3,(H,28,32)(H,29,31). The van der Waals surface area contributed by atoms with Crippen LogP contribution >= 0.6 is 23.1 Å². The molecule has 0 fully saturated rings. The molecule has 1 aliphatic carbocycles. The Morgan fingerprint density at radius 1 is 1.16 bits per heavy atom. The van der Waals surface area contributed by atoms with Gasteiger partial charge in [-0.05, 0) is 68.0 Å². The predicted molar refractivity (Wildman–Crippen MR) is 148 cm³/mol. The van der Waals surface area contributed by atoms with Crippen LogP contribution in [-0.4, -0.2) is 35.1 Å². The largest absolute Gasteiger partial charge is 0.462 e. The Labute approximate surface area is 228 Å². The minimum atomic E-state index is -0.524. The highest BCUT2D eigenvalue weighted by molar-refractivity contribution is 8.00. The number of hydrogen-bond acceptors (Lipinski definition) is 8. The third-order valence-electron chi connectivity index (χ3n) is 6.05. The first-order valence-corrected chi connectivity index (χ1v) is 14.0. The van der Waals surface area contributed by atoms with E-state index in [1.807, 2.05) is 6.07 Å². The zero-order valence-electron chi connectivity index (χ0n) is 20.9. The highest BCUT2D eigenvalue weighted by Gasteiger charge is 2.29. The lowest BCUT2D eigenvalue weighted by Crippen LogP contribution is -2.17. The lowest BCUT2D eigenvalue weighted by molar-refractivity contribution is -0.384. The summed E-state index contributed by atoms with van der Waals surface area (Å²) < 4.78 is 5.27. The SMILES string of the molecule is CCOC(=O)c1c(NC(=O)CSc2cccc(NC(=O)c3ccc([N+](=O)[O-])cc3)c2)sc2c1CCC(C)C2. The van der Waals surface area contributed by atoms with E-state index in [4.69, 9.17) is 4.74 Å². The summed E-state index contributed by atoms with van der Waals surface area (Å²) in [7, 11) is 0. The van der Waals surface area contributed by atoms with Crippen LogP contribution in [-0.2, 0) is 22.4 Å². The number of benzene rings is 2. The Morgan fingerprint density at radius 3 is 2.63 bits per heavy atom. The third kappa shape index (κ3) is 6.59. The van der Waals surface area contributed by atoms with Crippen molar-refractivity contribution < 1.29 is 24.0 Å². The van der Waals surface area contributed by atoms with Crippen LogP contribution in [0.5, 0.6) is 0 Å². The van der Waals surface area contributed by atoms with E-state index < -0.39 is 16.8 Å². The van der Waals surface area contributed by atoms with Crippen LogP contribution in [0.2, 0.25) is 0 Å². The lowest BCUT2D eigenvalue weighted by Gasteiger charge is -2.18. The number of nitrogens with zero attached hydrogens (tertiary/aromatic N) is 1. The van der Waals surface area contributed by atoms with Gasteiger partial charge in [0.05, 0.1) is 22.8 Å². The Morgan fingerprint density at radius 2 is 1.92 bits per heavy atom. The molecule has 38 heavy (non-hydrogen) atoms. The molecule has 4 rings (SSSR count). The average Bonchev–Trinajstić information content (AvgIpc) is 3.24. The quantitative estimate of drug-likeness (QED) is 0.145. The first kappa shape index (κ1) is 27.3. The maximum atomic E-state index is 12.8. The van der Waals surface area contributed by atoms with Crippen LogP contribution in [0.1, 0.15) is 51.4 Å². The molecule has 2 N–H and O–H groups in total. The van der Waals surface area contributed by atoms with Gasteiger partial charge in [-0.15, -0.1) is 23.1 Å². The van der Waals surface area contributed by atoms with E-state index in [9.17, 15) is 24.5 Å². The Hall–Kier alpha value is -3.70. The van der Waals surface area contributed by atoms with Crippen LogP contribution in [0.4, 0.5) is 16.4 Å². The van der Waals surface area contributed by atoms with Crippen LogP contribution in [0.25, 0.3) is 0 Å². The second kappa shape index (κ2) is 12.2. The van der Waals surface area contributed by atoms with Gasteiger partial charge in [0.15, 0.2) is 0 Å². The number of nitro benzene ring substituents is 1. The normalized spacial score (nSPS) is 14.3. The van der Waals surface area contributed by atoms with Crippen LogP contribution in [0, 0.1) is 16.0 Å². The number of fused-ring (bicyclic) bond motifs is 1. The molecule has 198 valence electrons. The minimum absolute atomic E-state index is 0.0927. The van der Waals surface area contributed by atoms with Crippen molar-refractivity contribution in [2.45, 2.75) is 38.0 Å². The van der Waals surface area contributed by atoms with Gasteiger partial charge < -0.3 is 15.4 Å². The third-order valence-corrected chi connectivity index (χ3v) is 8.21. The van der Waals surface area contributed by atoms with Gasteiger partial charge in [0.2, 0.25) is 5.91 Å². The number of nitro groups is 1. The summed E-state index contributed by atoms with van der Waals surface area (Å²) in [6.45, 7) is 4.21. The van der Waals surface area contributed by atoms with Crippen LogP contribution in [0.3, 0.4) is 0 Å². The molecule has 0 bridgehead atoms. The van der Waals surface area contributed by atoms with Gasteiger partial charge in [-0.25, -0.2) is 4.79 Å². The number of hydrogen-bond donors (Lipinski definition) is 2. The molecule has 2 aromatic carbocycles. The molecule has 0 saturated carbocycles. The maximum Gasteiger partial charge on any atom is 0.341 e. The number of non-ortho nitro benzene ring substituents is 1. The molecule has 11 heteroatoms. The van der Waals surface area contributed by atoms with Gasteiger partial charge in [-0.1, -0.05) is 13.0 Å². The van der Waals surface area contributed by atoms with Crippen LogP contribution in [0.15, 0.2) is 53.4 Å². The van der Waals surface area contributed by atoms with Crippen molar-refractivity contribution in [2.75, 3.05) is 23.0 Å². The van der Waals surface area contributed by atoms with Gasteiger partial charge in [0, 0.05) is 33.2 Å². The number of nitrogens with one attached hydrogen (secondary N) is 2. The van der Waals surface area contributed by atoms with Gasteiger partial charge in [-0.3, -0.25) is 19.7 Å². The van der Waals surface area contributed by atoms with Crippen LogP contribution < -0.4 is 10.6 Å². The fourth-order valence-electron chi connectivity index (χ4n) is 4.17. The number of esters is 1. The number of rotatable bonds is 9. The van der Waals surface area contributed by atoms with Crippen molar-refractivity contribution in [1.82, 2.24) is 0 Å². The molecule has 0 aliphatic heterocycles. The number of thiophene rings is 1. The van der Waals surface area contributed by atoms with Crippen molar-refractivity contribution in [3.05, 3.63) is 80.2 Å². The fourth-order valence-corrected chi connectivity index (χ4v) is 6.34. The average molecular weight is 554 g/mol. The van der Waals surface area contributed by atoms with Crippen molar-refractivity contribution in [2.24, 2.45) is 5.92 Å². The number of thioether (sulfide) groups is 1. The van der Waals surface area contributed by atoms with Gasteiger partial charge >= 0.3 is 5.97 Å². The molecule has 1 aliphatic rings. The van der Waals surface area contributed by atoms with E-state index in [1.54, 1.807) is 25.1 Å². The van der Waals surface area contributed by atoms with E-state index in [-0.39, 0.29) is 24.0 Å². The summed E-state index contributed by atoms with van der Waals surface area (Å²) in [5.74, 6) is -0.404. The molecular formula is C27H27N3O6S2. The topological polar surface area (TPSA) is 128 Å². The highest BCUT2D eigenvalue weighted by Crippen LogP contribution is 2.40. The Bertz CT molecular complexity index is 1370. The summed E-state index contributed by atoms with van der Waals surface area (Å²) in [5, 5.41) is 17.0. The molecule has 0 spiro atoms. The van der Waals surface area contributed by atoms with Crippen molar-refractivity contribution in [3.8, 4) is 0 Å². The molecule has 1 atom stereocenters. The zero-order chi connectivity index (χ0) is 27.2. The van der Waals surface area contributed by atoms with E-state index in [1.165, 1.54) is 47.4 Å². The first-order valence-electron chi connectivity index (χ1n) is 12.1. The molecule has 9 nitrogen and oxygen atoms in total. The molecular weight excluding hydrogens is 526 g/mol. The Balaban J connectivity index is 1.39. The van der Waals surface area contributed by atoms with Crippen molar-refractivity contribution >= 4 is 57.3 Å². The lowest BCUT2D eigenvalue weighted by atomic mass is 9.88. The second-order valence-corrected chi connectivity index (χ2v) is 11.1.